The molecule has 0 fully saturated rings. The second-order valence-corrected chi connectivity index (χ2v) is 3.27. The summed E-state index contributed by atoms with van der Waals surface area (Å²) in [6.45, 7) is 0.714. The summed E-state index contributed by atoms with van der Waals surface area (Å²) in [6.07, 6.45) is 7.47. The molecule has 0 aliphatic rings. The number of rotatable bonds is 4. The van der Waals surface area contributed by atoms with Crippen molar-refractivity contribution in [3.63, 3.8) is 0 Å². The smallest absolute Gasteiger partial charge is 0.171 e. The van der Waals surface area contributed by atoms with E-state index in [1.54, 1.807) is 24.8 Å². The molecule has 0 saturated heterocycles. The Bertz CT molecular complexity index is 414. The third-order valence-electron chi connectivity index (χ3n) is 1.86. The quantitative estimate of drug-likeness (QED) is 0.825. The first-order valence-electron chi connectivity index (χ1n) is 4.55. The molecule has 2 N–H and O–H groups in total. The van der Waals surface area contributed by atoms with Crippen molar-refractivity contribution in [3.8, 4) is 0 Å². The van der Waals surface area contributed by atoms with Crippen LogP contribution in [-0.4, -0.2) is 26.5 Å². The van der Waals surface area contributed by atoms with Crippen molar-refractivity contribution in [3.05, 3.63) is 35.8 Å². The van der Waals surface area contributed by atoms with Gasteiger partial charge in [-0.2, -0.15) is 0 Å². The largest absolute Gasteiger partial charge is 0.367 e. The van der Waals surface area contributed by atoms with Gasteiger partial charge in [0, 0.05) is 37.8 Å². The number of aromatic nitrogens is 4. The number of nitrogens with zero attached hydrogens (tertiary/aromatic N) is 3. The van der Waals surface area contributed by atoms with Crippen molar-refractivity contribution in [1.82, 2.24) is 19.9 Å². The Kier molecular flexibility index (Phi) is 3.14. The third-order valence-corrected chi connectivity index (χ3v) is 2.14. The zero-order valence-corrected chi connectivity index (χ0v) is 8.70. The van der Waals surface area contributed by atoms with Crippen molar-refractivity contribution in [2.24, 2.45) is 0 Å². The Hall–Kier alpha value is -1.62. The molecule has 0 aliphatic carbocycles. The number of H-pyrrole nitrogens is 1. The van der Waals surface area contributed by atoms with Crippen LogP contribution in [0.25, 0.3) is 0 Å². The number of hydrogen-bond acceptors (Lipinski definition) is 4. The third kappa shape index (κ3) is 2.66. The first-order chi connectivity index (χ1) is 7.36. The Morgan fingerprint density at radius 1 is 1.20 bits per heavy atom. The van der Waals surface area contributed by atoms with Gasteiger partial charge in [0.25, 0.3) is 0 Å². The van der Waals surface area contributed by atoms with Gasteiger partial charge in [-0.3, -0.25) is 0 Å². The molecular weight excluding hydrogens is 214 g/mol. The second kappa shape index (κ2) is 4.75. The van der Waals surface area contributed by atoms with Crippen LogP contribution in [0.2, 0.25) is 5.15 Å². The normalized spacial score (nSPS) is 10.2. The van der Waals surface area contributed by atoms with Crippen LogP contribution >= 0.6 is 11.6 Å². The molecule has 78 valence electrons. The van der Waals surface area contributed by atoms with Crippen LogP contribution in [0.5, 0.6) is 0 Å². The van der Waals surface area contributed by atoms with Gasteiger partial charge in [0.05, 0.1) is 0 Å². The fourth-order valence-electron chi connectivity index (χ4n) is 1.17. The van der Waals surface area contributed by atoms with Crippen molar-refractivity contribution < 1.29 is 0 Å². The molecular formula is C9H10ClN5. The van der Waals surface area contributed by atoms with Crippen LogP contribution in [0.4, 0.5) is 5.82 Å². The number of imidazole rings is 1. The summed E-state index contributed by atoms with van der Waals surface area (Å²) in [7, 11) is 0. The summed E-state index contributed by atoms with van der Waals surface area (Å²) in [4.78, 5) is 15.1. The number of nitrogens with one attached hydrogen (secondary N) is 2. The lowest BCUT2D eigenvalue weighted by Crippen LogP contribution is -2.07. The first kappa shape index (κ1) is 9.92. The molecule has 2 aromatic rings. The standard InChI is InChI=1S/C9H10ClN5/c10-8-9(15-6-5-13-8)14-2-1-7-11-3-4-12-7/h3-6H,1-2H2,(H,11,12)(H,14,15). The van der Waals surface area contributed by atoms with E-state index in [1.807, 2.05) is 0 Å². The number of aromatic amines is 1. The number of hydrogen-bond donors (Lipinski definition) is 2. The molecule has 0 aromatic carbocycles. The average Bonchev–Trinajstić information content (AvgIpc) is 2.74. The van der Waals surface area contributed by atoms with Gasteiger partial charge in [-0.1, -0.05) is 11.6 Å². The molecule has 2 heterocycles. The molecule has 2 rings (SSSR count). The monoisotopic (exact) mass is 223 g/mol. The molecule has 0 aliphatic heterocycles. The predicted octanol–water partition coefficient (Wildman–Crippen LogP) is 1.51. The molecule has 0 atom stereocenters. The van der Waals surface area contributed by atoms with Gasteiger partial charge in [0.15, 0.2) is 11.0 Å². The molecule has 15 heavy (non-hydrogen) atoms. The topological polar surface area (TPSA) is 66.5 Å². The molecule has 0 radical (unpaired) electrons. The molecule has 0 unspecified atom stereocenters. The highest BCUT2D eigenvalue weighted by atomic mass is 35.5. The van der Waals surface area contributed by atoms with Gasteiger partial charge >= 0.3 is 0 Å². The molecule has 5 nitrogen and oxygen atoms in total. The SMILES string of the molecule is Clc1nccnc1NCCc1ncc[nH]1. The summed E-state index contributed by atoms with van der Waals surface area (Å²) in [5, 5.41) is 3.47. The average molecular weight is 224 g/mol. The van der Waals surface area contributed by atoms with Gasteiger partial charge in [0.2, 0.25) is 0 Å². The zero-order chi connectivity index (χ0) is 10.5. The minimum atomic E-state index is 0.386. The van der Waals surface area contributed by atoms with E-state index >= 15 is 0 Å². The van der Waals surface area contributed by atoms with Gasteiger partial charge in [0.1, 0.15) is 5.82 Å². The Morgan fingerprint density at radius 2 is 2.07 bits per heavy atom. The predicted molar refractivity (Wildman–Crippen MR) is 57.8 cm³/mol. The molecule has 6 heteroatoms. The van der Waals surface area contributed by atoms with Crippen LogP contribution < -0.4 is 5.32 Å². The highest BCUT2D eigenvalue weighted by Gasteiger charge is 2.01. The van der Waals surface area contributed by atoms with Crippen LogP contribution in [0, 0.1) is 0 Å². The maximum atomic E-state index is 5.83. The van der Waals surface area contributed by atoms with E-state index in [9.17, 15) is 0 Å². The van der Waals surface area contributed by atoms with E-state index in [0.29, 0.717) is 17.5 Å². The van der Waals surface area contributed by atoms with Gasteiger partial charge in [-0.15, -0.1) is 0 Å². The molecule has 0 spiro atoms. The fraction of sp³-hybridized carbons (Fsp3) is 0.222. The first-order valence-corrected chi connectivity index (χ1v) is 4.92. The molecule has 0 amide bonds. The van der Waals surface area contributed by atoms with Crippen LogP contribution in [0.1, 0.15) is 5.82 Å². The Labute approximate surface area is 91.9 Å². The van der Waals surface area contributed by atoms with Crippen molar-refractivity contribution in [2.45, 2.75) is 6.42 Å². The minimum Gasteiger partial charge on any atom is -0.367 e. The van der Waals surface area contributed by atoms with Gasteiger partial charge in [-0.25, -0.2) is 15.0 Å². The molecule has 0 bridgehead atoms. The van der Waals surface area contributed by atoms with Crippen LogP contribution in [0.3, 0.4) is 0 Å². The van der Waals surface area contributed by atoms with Crippen molar-refractivity contribution in [1.29, 1.82) is 0 Å². The van der Waals surface area contributed by atoms with Gasteiger partial charge in [-0.05, 0) is 0 Å². The fourth-order valence-corrected chi connectivity index (χ4v) is 1.35. The van der Waals surface area contributed by atoms with E-state index in [2.05, 4.69) is 25.3 Å². The van der Waals surface area contributed by atoms with E-state index in [1.165, 1.54) is 0 Å². The summed E-state index contributed by atoms with van der Waals surface area (Å²) >= 11 is 5.83. The molecule has 2 aromatic heterocycles. The minimum absolute atomic E-state index is 0.386. The van der Waals surface area contributed by atoms with E-state index in [4.69, 9.17) is 11.6 Å². The number of anilines is 1. The maximum Gasteiger partial charge on any atom is 0.171 e. The van der Waals surface area contributed by atoms with E-state index in [-0.39, 0.29) is 0 Å². The van der Waals surface area contributed by atoms with E-state index < -0.39 is 0 Å². The lowest BCUT2D eigenvalue weighted by molar-refractivity contribution is 0.919. The number of halogens is 1. The van der Waals surface area contributed by atoms with Gasteiger partial charge < -0.3 is 10.3 Å². The maximum absolute atomic E-state index is 5.83. The summed E-state index contributed by atoms with van der Waals surface area (Å²) < 4.78 is 0. The van der Waals surface area contributed by atoms with Crippen molar-refractivity contribution >= 4 is 17.4 Å². The van der Waals surface area contributed by atoms with Crippen LogP contribution in [-0.2, 0) is 6.42 Å². The summed E-state index contributed by atoms with van der Waals surface area (Å²) in [6, 6.07) is 0. The zero-order valence-electron chi connectivity index (χ0n) is 7.94. The highest BCUT2D eigenvalue weighted by Crippen LogP contribution is 2.13. The highest BCUT2D eigenvalue weighted by molar-refractivity contribution is 6.31. The summed E-state index contributed by atoms with van der Waals surface area (Å²) in [5.74, 6) is 1.54. The second-order valence-electron chi connectivity index (χ2n) is 2.91. The Morgan fingerprint density at radius 3 is 2.80 bits per heavy atom. The lowest BCUT2D eigenvalue weighted by atomic mass is 10.4. The molecule has 0 saturated carbocycles. The van der Waals surface area contributed by atoms with Crippen LogP contribution in [0.15, 0.2) is 24.8 Å². The Balaban J connectivity index is 1.86. The lowest BCUT2D eigenvalue weighted by Gasteiger charge is -2.04. The summed E-state index contributed by atoms with van der Waals surface area (Å²) in [5.41, 5.74) is 0. The van der Waals surface area contributed by atoms with E-state index in [0.717, 1.165) is 12.2 Å². The van der Waals surface area contributed by atoms with Crippen molar-refractivity contribution in [2.75, 3.05) is 11.9 Å².